The Hall–Kier alpha value is -1.52. The molecule has 0 unspecified atom stereocenters. The molecule has 1 amide bonds. The molecule has 0 aliphatic rings. The maximum absolute atomic E-state index is 12.4. The van der Waals surface area contributed by atoms with Crippen LogP contribution in [0.4, 0.5) is 5.69 Å². The Morgan fingerprint density at radius 1 is 1.26 bits per heavy atom. The highest BCUT2D eigenvalue weighted by atomic mass is 79.9. The van der Waals surface area contributed by atoms with Crippen LogP contribution in [-0.2, 0) is 0 Å². The predicted octanol–water partition coefficient (Wildman–Crippen LogP) is 4.08. The molecular formula is C14H11BrClNO2. The van der Waals surface area contributed by atoms with E-state index in [1.54, 1.807) is 43.4 Å². The zero-order chi connectivity index (χ0) is 14.0. The van der Waals surface area contributed by atoms with Gasteiger partial charge in [0.2, 0.25) is 0 Å². The Kier molecular flexibility index (Phi) is 4.12. The number of aromatic hydroxyl groups is 1. The minimum absolute atomic E-state index is 0.109. The maximum atomic E-state index is 12.4. The Bertz CT molecular complexity index is 631. The minimum Gasteiger partial charge on any atom is -0.508 e. The van der Waals surface area contributed by atoms with Crippen molar-refractivity contribution in [3.8, 4) is 5.75 Å². The molecule has 5 heteroatoms. The topological polar surface area (TPSA) is 40.5 Å². The lowest BCUT2D eigenvalue weighted by Gasteiger charge is -2.18. The number of nitrogens with zero attached hydrogens (tertiary/aromatic N) is 1. The maximum Gasteiger partial charge on any atom is 0.259 e. The van der Waals surface area contributed by atoms with E-state index in [1.165, 1.54) is 11.0 Å². The van der Waals surface area contributed by atoms with Gasteiger partial charge in [-0.1, -0.05) is 23.7 Å². The third-order valence-corrected chi connectivity index (χ3v) is 4.00. The van der Waals surface area contributed by atoms with E-state index in [-0.39, 0.29) is 11.7 Å². The average Bonchev–Trinajstić information content (AvgIpc) is 2.40. The largest absolute Gasteiger partial charge is 0.508 e. The lowest BCUT2D eigenvalue weighted by Crippen LogP contribution is -2.26. The van der Waals surface area contributed by atoms with Crippen molar-refractivity contribution in [2.24, 2.45) is 0 Å². The summed E-state index contributed by atoms with van der Waals surface area (Å²) < 4.78 is 0.671. The summed E-state index contributed by atoms with van der Waals surface area (Å²) in [7, 11) is 1.63. The Labute approximate surface area is 124 Å². The van der Waals surface area contributed by atoms with Gasteiger partial charge in [0.25, 0.3) is 5.91 Å². The molecule has 0 spiro atoms. The zero-order valence-corrected chi connectivity index (χ0v) is 12.4. The lowest BCUT2D eigenvalue weighted by atomic mass is 10.2. The first-order chi connectivity index (χ1) is 9.00. The number of phenolic OH excluding ortho intramolecular Hbond substituents is 1. The molecule has 2 aromatic rings. The fourth-order valence-electron chi connectivity index (χ4n) is 1.67. The zero-order valence-electron chi connectivity index (χ0n) is 10.1. The van der Waals surface area contributed by atoms with Crippen LogP contribution in [0.1, 0.15) is 10.4 Å². The molecule has 2 rings (SSSR count). The summed E-state index contributed by atoms with van der Waals surface area (Å²) in [4.78, 5) is 13.8. The highest BCUT2D eigenvalue weighted by Crippen LogP contribution is 2.28. The Balaban J connectivity index is 2.36. The second-order valence-corrected chi connectivity index (χ2v) is 5.22. The second kappa shape index (κ2) is 5.63. The molecule has 3 nitrogen and oxygen atoms in total. The van der Waals surface area contributed by atoms with Crippen LogP contribution in [0.5, 0.6) is 5.75 Å². The van der Waals surface area contributed by atoms with Gasteiger partial charge in [-0.25, -0.2) is 0 Å². The number of carbonyl (C=O) groups excluding carboxylic acids is 1. The van der Waals surface area contributed by atoms with Crippen molar-refractivity contribution in [2.45, 2.75) is 0 Å². The van der Waals surface area contributed by atoms with Crippen molar-refractivity contribution in [1.29, 1.82) is 0 Å². The normalized spacial score (nSPS) is 10.3. The van der Waals surface area contributed by atoms with E-state index in [2.05, 4.69) is 15.9 Å². The van der Waals surface area contributed by atoms with Gasteiger partial charge < -0.3 is 10.0 Å². The van der Waals surface area contributed by atoms with Crippen LogP contribution in [0.2, 0.25) is 5.02 Å². The van der Waals surface area contributed by atoms with E-state index in [0.717, 1.165) is 0 Å². The van der Waals surface area contributed by atoms with Crippen molar-refractivity contribution in [2.75, 3.05) is 11.9 Å². The number of hydrogen-bond donors (Lipinski definition) is 1. The van der Waals surface area contributed by atoms with Gasteiger partial charge in [-0.3, -0.25) is 4.79 Å². The van der Waals surface area contributed by atoms with E-state index in [9.17, 15) is 9.90 Å². The van der Waals surface area contributed by atoms with Crippen molar-refractivity contribution in [3.63, 3.8) is 0 Å². The lowest BCUT2D eigenvalue weighted by molar-refractivity contribution is 0.0993. The Morgan fingerprint density at radius 3 is 2.63 bits per heavy atom. The fourth-order valence-corrected chi connectivity index (χ4v) is 2.24. The molecule has 98 valence electrons. The number of anilines is 1. The van der Waals surface area contributed by atoms with E-state index < -0.39 is 0 Å². The van der Waals surface area contributed by atoms with Gasteiger partial charge in [-0.2, -0.15) is 0 Å². The standard InChI is InChI=1S/C14H11BrClNO2/c1-17(9-4-2-5-10(18)8-9)14(19)11-6-3-7-12(15)13(11)16/h2-8,18H,1H3. The summed E-state index contributed by atoms with van der Waals surface area (Å²) in [5.74, 6) is -0.130. The van der Waals surface area contributed by atoms with Crippen molar-refractivity contribution in [1.82, 2.24) is 0 Å². The Morgan fingerprint density at radius 2 is 1.95 bits per heavy atom. The average molecular weight is 341 g/mol. The molecule has 0 fully saturated rings. The first-order valence-corrected chi connectivity index (χ1v) is 6.69. The molecule has 0 aliphatic carbocycles. The number of hydrogen-bond acceptors (Lipinski definition) is 2. The monoisotopic (exact) mass is 339 g/mol. The number of benzene rings is 2. The van der Waals surface area contributed by atoms with Crippen molar-refractivity contribution < 1.29 is 9.90 Å². The predicted molar refractivity (Wildman–Crippen MR) is 80.0 cm³/mol. The molecule has 0 saturated heterocycles. The van der Waals surface area contributed by atoms with Gasteiger partial charge in [0.1, 0.15) is 5.75 Å². The van der Waals surface area contributed by atoms with Crippen LogP contribution in [-0.4, -0.2) is 18.1 Å². The number of phenols is 1. The third kappa shape index (κ3) is 2.91. The molecule has 19 heavy (non-hydrogen) atoms. The minimum atomic E-state index is -0.239. The van der Waals surface area contributed by atoms with E-state index in [4.69, 9.17) is 11.6 Å². The highest BCUT2D eigenvalue weighted by Gasteiger charge is 2.17. The second-order valence-electron chi connectivity index (χ2n) is 3.99. The van der Waals surface area contributed by atoms with Crippen LogP contribution in [0.3, 0.4) is 0 Å². The third-order valence-electron chi connectivity index (χ3n) is 2.70. The molecule has 0 radical (unpaired) electrons. The van der Waals surface area contributed by atoms with Crippen LogP contribution in [0.25, 0.3) is 0 Å². The smallest absolute Gasteiger partial charge is 0.259 e. The van der Waals surface area contributed by atoms with E-state index in [0.29, 0.717) is 20.7 Å². The quantitative estimate of drug-likeness (QED) is 0.894. The molecule has 2 aromatic carbocycles. The summed E-state index contributed by atoms with van der Waals surface area (Å²) in [5, 5.41) is 9.82. The van der Waals surface area contributed by atoms with Crippen LogP contribution < -0.4 is 4.90 Å². The number of halogens is 2. The summed E-state index contributed by atoms with van der Waals surface area (Å²) in [6.45, 7) is 0. The first-order valence-electron chi connectivity index (χ1n) is 5.52. The number of rotatable bonds is 2. The van der Waals surface area contributed by atoms with E-state index in [1.807, 2.05) is 0 Å². The van der Waals surface area contributed by atoms with Crippen LogP contribution in [0, 0.1) is 0 Å². The van der Waals surface area contributed by atoms with Crippen molar-refractivity contribution >= 4 is 39.1 Å². The van der Waals surface area contributed by atoms with Gasteiger partial charge in [0, 0.05) is 23.3 Å². The van der Waals surface area contributed by atoms with Crippen molar-refractivity contribution in [3.05, 3.63) is 57.5 Å². The first kappa shape index (κ1) is 13.9. The summed E-state index contributed by atoms with van der Waals surface area (Å²) >= 11 is 9.40. The number of carbonyl (C=O) groups is 1. The van der Waals surface area contributed by atoms with Gasteiger partial charge in [0.15, 0.2) is 0 Å². The molecule has 0 atom stereocenters. The molecule has 0 aliphatic heterocycles. The summed E-state index contributed by atoms with van der Waals surface area (Å²) in [6, 6.07) is 11.7. The number of amides is 1. The molecular weight excluding hydrogens is 330 g/mol. The van der Waals surface area contributed by atoms with Gasteiger partial charge >= 0.3 is 0 Å². The fraction of sp³-hybridized carbons (Fsp3) is 0.0714. The SMILES string of the molecule is CN(C(=O)c1cccc(Br)c1Cl)c1cccc(O)c1. The molecule has 1 N–H and O–H groups in total. The van der Waals surface area contributed by atoms with Gasteiger partial charge in [0.05, 0.1) is 10.6 Å². The molecule has 0 aromatic heterocycles. The summed E-state index contributed by atoms with van der Waals surface area (Å²) in [6.07, 6.45) is 0. The van der Waals surface area contributed by atoms with Crippen LogP contribution in [0.15, 0.2) is 46.9 Å². The highest BCUT2D eigenvalue weighted by molar-refractivity contribution is 9.10. The molecule has 0 heterocycles. The van der Waals surface area contributed by atoms with Gasteiger partial charge in [-0.05, 0) is 40.2 Å². The van der Waals surface area contributed by atoms with Gasteiger partial charge in [-0.15, -0.1) is 0 Å². The molecule has 0 saturated carbocycles. The molecule has 0 bridgehead atoms. The van der Waals surface area contributed by atoms with Crippen LogP contribution >= 0.6 is 27.5 Å². The van der Waals surface area contributed by atoms with E-state index >= 15 is 0 Å². The summed E-state index contributed by atoms with van der Waals surface area (Å²) in [5.41, 5.74) is 1.00.